The summed E-state index contributed by atoms with van der Waals surface area (Å²) in [6.45, 7) is 0.105. The molecule has 2 aromatic heterocycles. The number of nitrogens with zero attached hydrogens (tertiary/aromatic N) is 3. The molecule has 1 saturated heterocycles. The number of aromatic nitrogens is 2. The summed E-state index contributed by atoms with van der Waals surface area (Å²) in [6, 6.07) is 15.4. The molecule has 12 heteroatoms. The van der Waals surface area contributed by atoms with Gasteiger partial charge in [0, 0.05) is 48.0 Å². The van der Waals surface area contributed by atoms with Crippen LogP contribution in [-0.2, 0) is 5.60 Å². The van der Waals surface area contributed by atoms with Gasteiger partial charge in [0.1, 0.15) is 34.4 Å². The summed E-state index contributed by atoms with van der Waals surface area (Å²) in [7, 11) is 2.58. The Morgan fingerprint density at radius 1 is 1.16 bits per heavy atom. The van der Waals surface area contributed by atoms with Crippen molar-refractivity contribution in [2.75, 3.05) is 32.2 Å². The maximum atomic E-state index is 12.4. The third-order valence-electron chi connectivity index (χ3n) is 7.42. The van der Waals surface area contributed by atoms with E-state index in [-0.39, 0.29) is 5.75 Å². The third-order valence-corrected chi connectivity index (χ3v) is 7.74. The fourth-order valence-corrected chi connectivity index (χ4v) is 5.40. The third kappa shape index (κ3) is 7.53. The van der Waals surface area contributed by atoms with Gasteiger partial charge in [-0.1, -0.05) is 35.0 Å². The lowest BCUT2D eigenvalue weighted by molar-refractivity contribution is -0.0494. The first-order chi connectivity index (χ1) is 21.2. The number of hydrogen-bond donors (Lipinski definition) is 2. The van der Waals surface area contributed by atoms with Crippen molar-refractivity contribution in [2.24, 2.45) is 0 Å². The quantitative estimate of drug-likeness (QED) is 0.214. The maximum Gasteiger partial charge on any atom is 0.387 e. The molecule has 4 aromatic rings. The van der Waals surface area contributed by atoms with E-state index in [1.807, 2.05) is 11.8 Å². The van der Waals surface area contributed by atoms with Gasteiger partial charge in [0.15, 0.2) is 6.29 Å². The average molecular weight is 630 g/mol. The van der Waals surface area contributed by atoms with Gasteiger partial charge < -0.3 is 29.1 Å². The van der Waals surface area contributed by atoms with Gasteiger partial charge in [-0.15, -0.1) is 0 Å². The molecule has 9 nitrogen and oxygen atoms in total. The highest BCUT2D eigenvalue weighted by Crippen LogP contribution is 2.44. The molecule has 44 heavy (non-hydrogen) atoms. The Morgan fingerprint density at radius 2 is 1.91 bits per heavy atom. The van der Waals surface area contributed by atoms with E-state index in [1.165, 1.54) is 12.3 Å². The largest absolute Gasteiger partial charge is 0.497 e. The molecule has 0 bridgehead atoms. The standard InChI is InChI=1S/C17H17ClN2O3.C14H13F2NO2.CH4O/c1-23-13-3-4-14(15(18)8-13)17(22)6-7-20(11-17)16-5-2-12(10-21)9-19-16;1-8-12(17-19-13(8)9-6-7-9)10-4-2-3-5-11(10)18-14(15)16;1-2/h2-5,8-10,22H,6-7,11H2,1H3;2-5,9,14H,6-7H2,1H3;2H,1H3. The molecule has 0 amide bonds. The molecule has 1 unspecified atom stereocenters. The minimum atomic E-state index is -2.85. The molecule has 0 radical (unpaired) electrons. The minimum Gasteiger partial charge on any atom is -0.497 e. The molecule has 1 saturated carbocycles. The highest BCUT2D eigenvalue weighted by atomic mass is 35.5. The second-order valence-corrected chi connectivity index (χ2v) is 10.7. The van der Waals surface area contributed by atoms with Crippen molar-refractivity contribution < 1.29 is 37.8 Å². The monoisotopic (exact) mass is 629 g/mol. The Morgan fingerprint density at radius 3 is 2.52 bits per heavy atom. The number of alkyl halides is 2. The Balaban J connectivity index is 0.000000193. The van der Waals surface area contributed by atoms with Crippen LogP contribution in [0.2, 0.25) is 5.02 Å². The lowest BCUT2D eigenvalue weighted by Crippen LogP contribution is -2.31. The van der Waals surface area contributed by atoms with Crippen molar-refractivity contribution in [3.8, 4) is 22.8 Å². The Hall–Kier alpha value is -4.06. The van der Waals surface area contributed by atoms with Gasteiger partial charge >= 0.3 is 6.61 Å². The zero-order valence-corrected chi connectivity index (χ0v) is 25.3. The zero-order chi connectivity index (χ0) is 31.9. The molecule has 234 valence electrons. The smallest absolute Gasteiger partial charge is 0.387 e. The van der Waals surface area contributed by atoms with E-state index in [1.54, 1.807) is 55.6 Å². The van der Waals surface area contributed by atoms with E-state index in [0.29, 0.717) is 58.6 Å². The molecule has 3 heterocycles. The van der Waals surface area contributed by atoms with Crippen LogP contribution >= 0.6 is 11.6 Å². The number of pyridine rings is 1. The van der Waals surface area contributed by atoms with Gasteiger partial charge in [-0.3, -0.25) is 4.79 Å². The summed E-state index contributed by atoms with van der Waals surface area (Å²) < 4.78 is 39.8. The normalized spacial score (nSPS) is 17.3. The summed E-state index contributed by atoms with van der Waals surface area (Å²) >= 11 is 6.30. The van der Waals surface area contributed by atoms with Crippen LogP contribution in [0.4, 0.5) is 14.6 Å². The molecule has 2 fully saturated rings. The number of rotatable bonds is 8. The maximum absolute atomic E-state index is 12.4. The molecule has 2 aromatic carbocycles. The number of aliphatic hydroxyl groups excluding tert-OH is 1. The first-order valence-corrected chi connectivity index (χ1v) is 14.3. The minimum absolute atomic E-state index is 0.122. The summed E-state index contributed by atoms with van der Waals surface area (Å²) in [5.74, 6) is 2.81. The number of carbonyl (C=O) groups excluding carboxylic acids is 1. The van der Waals surface area contributed by atoms with Crippen molar-refractivity contribution in [1.29, 1.82) is 0 Å². The fraction of sp³-hybridized carbons (Fsp3) is 0.344. The average Bonchev–Trinajstić information content (AvgIpc) is 3.69. The van der Waals surface area contributed by atoms with Crippen molar-refractivity contribution >= 4 is 23.7 Å². The summed E-state index contributed by atoms with van der Waals surface area (Å²) in [4.78, 5) is 17.0. The first kappa shape index (κ1) is 32.8. The molecule has 1 atom stereocenters. The second-order valence-electron chi connectivity index (χ2n) is 10.3. The van der Waals surface area contributed by atoms with Gasteiger partial charge in [0.25, 0.3) is 0 Å². The Labute approximate surface area is 259 Å². The SMILES string of the molecule is CO.COc1ccc(C2(O)CCN(c3ccc(C=O)cn3)C2)c(Cl)c1.Cc1c(-c2ccccc2OC(F)F)noc1C1CC1. The Bertz CT molecular complexity index is 1550. The molecule has 0 spiro atoms. The predicted molar refractivity (Wildman–Crippen MR) is 162 cm³/mol. The highest BCUT2D eigenvalue weighted by molar-refractivity contribution is 6.31. The number of halogens is 3. The highest BCUT2D eigenvalue weighted by Gasteiger charge is 2.39. The van der Waals surface area contributed by atoms with Gasteiger partial charge in [0.2, 0.25) is 0 Å². The van der Waals surface area contributed by atoms with E-state index in [9.17, 15) is 18.7 Å². The number of hydrogen-bond acceptors (Lipinski definition) is 9. The molecular weight excluding hydrogens is 596 g/mol. The zero-order valence-electron chi connectivity index (χ0n) is 24.5. The topological polar surface area (TPSA) is 118 Å². The number of aliphatic hydroxyl groups is 2. The molecule has 2 aliphatic rings. The summed E-state index contributed by atoms with van der Waals surface area (Å²) in [5.41, 5.74) is 2.21. The number of carbonyl (C=O) groups is 1. The second kappa shape index (κ2) is 14.6. The van der Waals surface area contributed by atoms with E-state index in [0.717, 1.165) is 43.4 Å². The van der Waals surface area contributed by atoms with Crippen LogP contribution in [0, 0.1) is 6.92 Å². The molecule has 1 aliphatic carbocycles. The molecule has 2 N–H and O–H groups in total. The number of methoxy groups -OCH3 is 1. The van der Waals surface area contributed by atoms with Crippen molar-refractivity contribution in [3.05, 3.63) is 88.3 Å². The number of para-hydroxylation sites is 1. The van der Waals surface area contributed by atoms with Crippen molar-refractivity contribution in [2.45, 2.75) is 44.3 Å². The van der Waals surface area contributed by atoms with Crippen LogP contribution in [0.1, 0.15) is 52.4 Å². The van der Waals surface area contributed by atoms with Gasteiger partial charge in [-0.25, -0.2) is 4.98 Å². The molecule has 1 aliphatic heterocycles. The number of benzene rings is 2. The van der Waals surface area contributed by atoms with E-state index < -0.39 is 12.2 Å². The van der Waals surface area contributed by atoms with Crippen molar-refractivity contribution in [1.82, 2.24) is 10.1 Å². The lowest BCUT2D eigenvalue weighted by Gasteiger charge is -2.25. The van der Waals surface area contributed by atoms with Crippen molar-refractivity contribution in [3.63, 3.8) is 0 Å². The van der Waals surface area contributed by atoms with Crippen LogP contribution in [0.15, 0.2) is 65.3 Å². The predicted octanol–water partition coefficient (Wildman–Crippen LogP) is 6.39. The van der Waals surface area contributed by atoms with E-state index in [4.69, 9.17) is 26.0 Å². The summed E-state index contributed by atoms with van der Waals surface area (Å²) in [6.07, 6.45) is 5.04. The van der Waals surface area contributed by atoms with E-state index >= 15 is 0 Å². The Kier molecular flexibility index (Phi) is 10.9. The lowest BCUT2D eigenvalue weighted by atomic mass is 9.93. The molecule has 6 rings (SSSR count). The number of aldehydes is 1. The van der Waals surface area contributed by atoms with Crippen LogP contribution in [0.3, 0.4) is 0 Å². The fourth-order valence-electron chi connectivity index (χ4n) is 5.05. The molecular formula is C32H34ClF2N3O6. The van der Waals surface area contributed by atoms with Gasteiger partial charge in [-0.2, -0.15) is 8.78 Å². The van der Waals surface area contributed by atoms with Crippen LogP contribution in [0.25, 0.3) is 11.3 Å². The van der Waals surface area contributed by atoms with Gasteiger partial charge in [-0.05, 0) is 62.6 Å². The van der Waals surface area contributed by atoms with Crippen LogP contribution < -0.4 is 14.4 Å². The number of β-amino-alcohol motifs (C(OH)–C–C–N with tert-alkyl or cyclic N) is 1. The van der Waals surface area contributed by atoms with Crippen LogP contribution in [0.5, 0.6) is 11.5 Å². The first-order valence-electron chi connectivity index (χ1n) is 13.9. The summed E-state index contributed by atoms with van der Waals surface area (Å²) in [5, 5.41) is 22.5. The number of anilines is 1. The number of ether oxygens (including phenoxy) is 2. The van der Waals surface area contributed by atoms with E-state index in [2.05, 4.69) is 14.9 Å². The van der Waals surface area contributed by atoms with Crippen LogP contribution in [-0.4, -0.2) is 60.6 Å². The van der Waals surface area contributed by atoms with Gasteiger partial charge in [0.05, 0.1) is 18.7 Å².